The number of rotatable bonds is 7. The molecule has 1 aromatic heterocycles. The molecule has 2 aromatic carbocycles. The van der Waals surface area contributed by atoms with Crippen molar-refractivity contribution in [1.29, 1.82) is 0 Å². The molecule has 0 radical (unpaired) electrons. The molecule has 0 atom stereocenters. The quantitative estimate of drug-likeness (QED) is 0.535. The first-order valence-electron chi connectivity index (χ1n) is 8.95. The number of aromatic hydroxyl groups is 1. The van der Waals surface area contributed by atoms with Crippen LogP contribution in [0.1, 0.15) is 23.7 Å². The molecule has 0 saturated carbocycles. The zero-order valence-electron chi connectivity index (χ0n) is 16.0. The minimum Gasteiger partial charge on any atom is -0.508 e. The number of benzene rings is 2. The molecule has 0 spiro atoms. The summed E-state index contributed by atoms with van der Waals surface area (Å²) in [5.41, 5.74) is 1.52. The average molecular weight is 458 g/mol. The van der Waals surface area contributed by atoms with Crippen molar-refractivity contribution >= 4 is 27.5 Å². The van der Waals surface area contributed by atoms with E-state index in [1.807, 2.05) is 6.92 Å². The smallest absolute Gasteiger partial charge is 0.255 e. The predicted molar refractivity (Wildman–Crippen MR) is 114 cm³/mol. The molecular weight excluding hydrogens is 438 g/mol. The maximum Gasteiger partial charge on any atom is 0.255 e. The van der Waals surface area contributed by atoms with Crippen LogP contribution in [0.2, 0.25) is 0 Å². The highest BCUT2D eigenvalue weighted by Crippen LogP contribution is 2.37. The lowest BCUT2D eigenvalue weighted by Gasteiger charge is -2.14. The summed E-state index contributed by atoms with van der Waals surface area (Å²) in [7, 11) is 1.52. The highest BCUT2D eigenvalue weighted by atomic mass is 79.9. The second-order valence-corrected chi connectivity index (χ2v) is 6.99. The molecule has 0 bridgehead atoms. The number of hydrogen-bond donors (Lipinski definition) is 2. The van der Waals surface area contributed by atoms with Gasteiger partial charge in [-0.25, -0.2) is 9.97 Å². The minimum atomic E-state index is -0.334. The van der Waals surface area contributed by atoms with Gasteiger partial charge < -0.3 is 19.9 Å². The molecule has 7 nitrogen and oxygen atoms in total. The largest absolute Gasteiger partial charge is 0.508 e. The third kappa shape index (κ3) is 5.03. The highest BCUT2D eigenvalue weighted by molar-refractivity contribution is 9.10. The van der Waals surface area contributed by atoms with Crippen molar-refractivity contribution in [2.24, 2.45) is 0 Å². The average Bonchev–Trinajstić information content (AvgIpc) is 2.73. The monoisotopic (exact) mass is 457 g/mol. The van der Waals surface area contributed by atoms with E-state index in [9.17, 15) is 9.90 Å². The van der Waals surface area contributed by atoms with Crippen LogP contribution in [0, 0.1) is 0 Å². The van der Waals surface area contributed by atoms with Crippen LogP contribution in [0.5, 0.6) is 17.2 Å². The van der Waals surface area contributed by atoms with Gasteiger partial charge in [0.05, 0.1) is 36.3 Å². The number of hydrogen-bond acceptors (Lipinski definition) is 6. The number of ether oxygens (including phenoxy) is 2. The molecule has 3 aromatic rings. The predicted octanol–water partition coefficient (Wildman–Crippen LogP) is 4.66. The Balaban J connectivity index is 1.77. The first-order chi connectivity index (χ1) is 14.0. The van der Waals surface area contributed by atoms with E-state index < -0.39 is 0 Å². The molecular formula is C21H20BrN3O4. The van der Waals surface area contributed by atoms with E-state index in [2.05, 4.69) is 31.2 Å². The van der Waals surface area contributed by atoms with Gasteiger partial charge in [-0.15, -0.1) is 0 Å². The summed E-state index contributed by atoms with van der Waals surface area (Å²) < 4.78 is 11.7. The Hall–Kier alpha value is -3.13. The molecule has 29 heavy (non-hydrogen) atoms. The Morgan fingerprint density at radius 3 is 2.62 bits per heavy atom. The summed E-state index contributed by atoms with van der Waals surface area (Å²) in [5, 5.41) is 12.3. The highest BCUT2D eigenvalue weighted by Gasteiger charge is 2.16. The minimum absolute atomic E-state index is 0.134. The number of aromatic nitrogens is 2. The van der Waals surface area contributed by atoms with Gasteiger partial charge in [0.25, 0.3) is 5.91 Å². The van der Waals surface area contributed by atoms with Gasteiger partial charge in [0.1, 0.15) is 5.75 Å². The van der Waals surface area contributed by atoms with Crippen molar-refractivity contribution in [3.8, 4) is 28.6 Å². The van der Waals surface area contributed by atoms with Crippen molar-refractivity contribution in [2.75, 3.05) is 19.0 Å². The first-order valence-corrected chi connectivity index (χ1v) is 9.74. The number of carbonyl (C=O) groups excluding carboxylic acids is 1. The Bertz CT molecular complexity index is 1010. The summed E-state index contributed by atoms with van der Waals surface area (Å²) in [6.07, 6.45) is 3.88. The van der Waals surface area contributed by atoms with Gasteiger partial charge in [-0.2, -0.15) is 0 Å². The van der Waals surface area contributed by atoms with Gasteiger partial charge in [-0.05, 0) is 46.6 Å². The van der Waals surface area contributed by atoms with E-state index in [0.717, 1.165) is 6.42 Å². The Morgan fingerprint density at radius 2 is 1.97 bits per heavy atom. The van der Waals surface area contributed by atoms with Gasteiger partial charge in [0, 0.05) is 11.1 Å². The number of methoxy groups -OCH3 is 1. The second-order valence-electron chi connectivity index (χ2n) is 6.14. The molecule has 0 aliphatic rings. The zero-order valence-corrected chi connectivity index (χ0v) is 17.6. The molecule has 150 valence electrons. The fourth-order valence-electron chi connectivity index (χ4n) is 2.59. The number of anilines is 1. The van der Waals surface area contributed by atoms with Crippen LogP contribution in [0.25, 0.3) is 11.4 Å². The second kappa shape index (κ2) is 9.38. The number of phenolic OH excluding ortho intramolecular Hbond substituents is 1. The van der Waals surface area contributed by atoms with Crippen molar-refractivity contribution < 1.29 is 19.4 Å². The molecule has 0 aliphatic heterocycles. The summed E-state index contributed by atoms with van der Waals surface area (Å²) in [6, 6.07) is 9.93. The lowest BCUT2D eigenvalue weighted by molar-refractivity contribution is 0.102. The standard InChI is InChI=1S/C21H20BrN3O4/c1-3-7-29-19-17(22)9-14(10-18(19)28-2)21(27)25-15-11-23-20(24-12-15)13-5-4-6-16(26)8-13/h4-6,8-12,26H,3,7H2,1-2H3,(H,25,27). The number of amides is 1. The molecule has 0 saturated heterocycles. The van der Waals surface area contributed by atoms with E-state index in [0.29, 0.717) is 45.2 Å². The maximum atomic E-state index is 12.6. The van der Waals surface area contributed by atoms with E-state index in [1.165, 1.54) is 19.5 Å². The van der Waals surface area contributed by atoms with Crippen molar-refractivity contribution in [3.05, 3.63) is 58.8 Å². The summed E-state index contributed by atoms with van der Waals surface area (Å²) >= 11 is 3.43. The summed E-state index contributed by atoms with van der Waals surface area (Å²) in [6.45, 7) is 2.55. The van der Waals surface area contributed by atoms with Crippen molar-refractivity contribution in [3.63, 3.8) is 0 Å². The van der Waals surface area contributed by atoms with Gasteiger partial charge in [0.15, 0.2) is 17.3 Å². The molecule has 8 heteroatoms. The fraction of sp³-hybridized carbons (Fsp3) is 0.190. The van der Waals surface area contributed by atoms with E-state index in [1.54, 1.807) is 36.4 Å². The molecule has 0 fully saturated rings. The molecule has 0 unspecified atom stereocenters. The SMILES string of the molecule is CCCOc1c(Br)cc(C(=O)Nc2cnc(-c3cccc(O)c3)nc2)cc1OC. The van der Waals surface area contributed by atoms with Gasteiger partial charge >= 0.3 is 0 Å². The van der Waals surface area contributed by atoms with E-state index in [4.69, 9.17) is 9.47 Å². The van der Waals surface area contributed by atoms with Gasteiger partial charge in [-0.1, -0.05) is 19.1 Å². The fourth-order valence-corrected chi connectivity index (χ4v) is 3.14. The maximum absolute atomic E-state index is 12.6. The Kier molecular flexibility index (Phi) is 6.66. The molecule has 0 aliphatic carbocycles. The third-order valence-electron chi connectivity index (χ3n) is 3.96. The molecule has 2 N–H and O–H groups in total. The van der Waals surface area contributed by atoms with Gasteiger partial charge in [-0.3, -0.25) is 4.79 Å². The third-order valence-corrected chi connectivity index (χ3v) is 4.55. The van der Waals surface area contributed by atoms with Crippen LogP contribution in [0.4, 0.5) is 5.69 Å². The van der Waals surface area contributed by atoms with E-state index in [-0.39, 0.29) is 11.7 Å². The normalized spacial score (nSPS) is 10.4. The summed E-state index contributed by atoms with van der Waals surface area (Å²) in [5.74, 6) is 1.27. The summed E-state index contributed by atoms with van der Waals surface area (Å²) in [4.78, 5) is 21.1. The number of halogens is 1. The van der Waals surface area contributed by atoms with Crippen LogP contribution in [-0.4, -0.2) is 34.7 Å². The topological polar surface area (TPSA) is 93.6 Å². The van der Waals surface area contributed by atoms with Crippen LogP contribution in [0.3, 0.4) is 0 Å². The van der Waals surface area contributed by atoms with Crippen molar-refractivity contribution in [1.82, 2.24) is 9.97 Å². The van der Waals surface area contributed by atoms with Crippen LogP contribution >= 0.6 is 15.9 Å². The molecule has 3 rings (SSSR count). The number of carbonyl (C=O) groups is 1. The number of phenols is 1. The van der Waals surface area contributed by atoms with Crippen molar-refractivity contribution in [2.45, 2.75) is 13.3 Å². The van der Waals surface area contributed by atoms with E-state index >= 15 is 0 Å². The number of nitrogens with zero attached hydrogens (tertiary/aromatic N) is 2. The molecule has 1 amide bonds. The zero-order chi connectivity index (χ0) is 20.8. The Labute approximate surface area is 176 Å². The van der Waals surface area contributed by atoms with Crippen LogP contribution in [0.15, 0.2) is 53.3 Å². The first kappa shape index (κ1) is 20.6. The molecule has 1 heterocycles. The van der Waals surface area contributed by atoms with Crippen LogP contribution < -0.4 is 14.8 Å². The lowest BCUT2D eigenvalue weighted by atomic mass is 10.2. The van der Waals surface area contributed by atoms with Gasteiger partial charge in [0.2, 0.25) is 0 Å². The Morgan fingerprint density at radius 1 is 1.21 bits per heavy atom. The lowest BCUT2D eigenvalue weighted by Crippen LogP contribution is -2.13. The number of nitrogens with one attached hydrogen (secondary N) is 1. The van der Waals surface area contributed by atoms with Crippen LogP contribution in [-0.2, 0) is 0 Å².